The lowest BCUT2D eigenvalue weighted by molar-refractivity contribution is 0.127. The molecule has 0 aliphatic carbocycles. The summed E-state index contributed by atoms with van der Waals surface area (Å²) in [6.07, 6.45) is 3.93. The van der Waals surface area contributed by atoms with Crippen molar-refractivity contribution in [1.82, 2.24) is 10.0 Å². The maximum Gasteiger partial charge on any atom is 0.214 e. The van der Waals surface area contributed by atoms with Gasteiger partial charge in [-0.25, -0.2) is 13.1 Å². The van der Waals surface area contributed by atoms with Gasteiger partial charge in [-0.2, -0.15) is 0 Å². The maximum atomic E-state index is 11.7. The fourth-order valence-electron chi connectivity index (χ4n) is 2.24. The summed E-state index contributed by atoms with van der Waals surface area (Å²) in [5.74, 6) is 0.111. The van der Waals surface area contributed by atoms with Crippen molar-refractivity contribution in [2.75, 3.05) is 25.4 Å². The van der Waals surface area contributed by atoms with Gasteiger partial charge >= 0.3 is 0 Å². The second-order valence-corrected chi connectivity index (χ2v) is 6.41. The highest BCUT2D eigenvalue weighted by atomic mass is 35.5. The Bertz CT molecular complexity index is 312. The first-order valence-electron chi connectivity index (χ1n) is 5.98. The van der Waals surface area contributed by atoms with E-state index in [-0.39, 0.29) is 24.3 Å². The molecular formula is C10H21ClN2O3S. The van der Waals surface area contributed by atoms with Crippen molar-refractivity contribution in [2.24, 2.45) is 0 Å². The predicted molar refractivity (Wildman–Crippen MR) is 69.0 cm³/mol. The molecule has 17 heavy (non-hydrogen) atoms. The molecule has 0 aromatic rings. The Hall–Kier alpha value is 0.120. The van der Waals surface area contributed by atoms with Crippen LogP contribution in [0, 0.1) is 0 Å². The highest BCUT2D eigenvalue weighted by Gasteiger charge is 2.24. The Labute approximate surface area is 109 Å². The van der Waals surface area contributed by atoms with E-state index in [9.17, 15) is 8.42 Å². The fourth-order valence-corrected chi connectivity index (χ4v) is 3.56. The van der Waals surface area contributed by atoms with E-state index in [1.165, 1.54) is 0 Å². The summed E-state index contributed by atoms with van der Waals surface area (Å²) < 4.78 is 31.4. The SMILES string of the molecule is Cl.O=S(=O)(CC1CCCO1)NCC1CCCN1. The van der Waals surface area contributed by atoms with Crippen molar-refractivity contribution in [3.8, 4) is 0 Å². The molecule has 2 rings (SSSR count). The maximum absolute atomic E-state index is 11.7. The molecule has 2 atom stereocenters. The van der Waals surface area contributed by atoms with Crippen LogP contribution in [0.25, 0.3) is 0 Å². The van der Waals surface area contributed by atoms with Crippen molar-refractivity contribution in [3.05, 3.63) is 0 Å². The molecule has 7 heteroatoms. The van der Waals surface area contributed by atoms with Gasteiger partial charge in [0, 0.05) is 19.2 Å². The number of sulfonamides is 1. The normalized spacial score (nSPS) is 29.2. The van der Waals surface area contributed by atoms with Crippen LogP contribution in [-0.2, 0) is 14.8 Å². The molecule has 2 unspecified atom stereocenters. The third-order valence-corrected chi connectivity index (χ3v) is 4.56. The van der Waals surface area contributed by atoms with Crippen LogP contribution in [-0.4, -0.2) is 46.0 Å². The number of rotatable bonds is 5. The van der Waals surface area contributed by atoms with E-state index in [2.05, 4.69) is 10.0 Å². The van der Waals surface area contributed by atoms with E-state index in [1.807, 2.05) is 0 Å². The van der Waals surface area contributed by atoms with E-state index in [0.29, 0.717) is 19.2 Å². The molecule has 0 spiro atoms. The van der Waals surface area contributed by atoms with Crippen LogP contribution in [0.3, 0.4) is 0 Å². The van der Waals surface area contributed by atoms with Gasteiger partial charge < -0.3 is 10.1 Å². The Balaban J connectivity index is 0.00000144. The van der Waals surface area contributed by atoms with Gasteiger partial charge in [-0.15, -0.1) is 12.4 Å². The van der Waals surface area contributed by atoms with E-state index in [0.717, 1.165) is 32.2 Å². The molecule has 0 saturated carbocycles. The van der Waals surface area contributed by atoms with Gasteiger partial charge in [0.05, 0.1) is 11.9 Å². The summed E-state index contributed by atoms with van der Waals surface area (Å²) in [7, 11) is -3.17. The molecule has 2 aliphatic heterocycles. The summed E-state index contributed by atoms with van der Waals surface area (Å²) in [6.45, 7) is 2.21. The number of ether oxygens (including phenoxy) is 1. The minimum atomic E-state index is -3.17. The molecule has 2 heterocycles. The standard InChI is InChI=1S/C10H20N2O3S.ClH/c13-16(14,8-10-4-2-6-15-10)12-7-9-3-1-5-11-9;/h9-12H,1-8H2;1H. The zero-order valence-corrected chi connectivity index (χ0v) is 11.5. The van der Waals surface area contributed by atoms with Gasteiger partial charge in [-0.1, -0.05) is 0 Å². The molecule has 0 aromatic carbocycles. The Morgan fingerprint density at radius 2 is 2.12 bits per heavy atom. The number of hydrogen-bond donors (Lipinski definition) is 2. The van der Waals surface area contributed by atoms with Crippen LogP contribution in [0.15, 0.2) is 0 Å². The van der Waals surface area contributed by atoms with E-state index in [4.69, 9.17) is 4.74 Å². The van der Waals surface area contributed by atoms with Crippen LogP contribution >= 0.6 is 12.4 Å². The lowest BCUT2D eigenvalue weighted by Crippen LogP contribution is -2.40. The first-order valence-corrected chi connectivity index (χ1v) is 7.63. The quantitative estimate of drug-likeness (QED) is 0.760. The lowest BCUT2D eigenvalue weighted by Gasteiger charge is -2.14. The monoisotopic (exact) mass is 284 g/mol. The summed E-state index contributed by atoms with van der Waals surface area (Å²) in [5, 5.41) is 3.26. The van der Waals surface area contributed by atoms with Crippen LogP contribution in [0.2, 0.25) is 0 Å². The molecule has 2 fully saturated rings. The van der Waals surface area contributed by atoms with Crippen LogP contribution in [0.1, 0.15) is 25.7 Å². The Morgan fingerprint density at radius 3 is 2.71 bits per heavy atom. The first-order chi connectivity index (χ1) is 7.66. The smallest absolute Gasteiger partial charge is 0.214 e. The molecule has 0 amide bonds. The molecule has 0 aromatic heterocycles. The average Bonchev–Trinajstić information content (AvgIpc) is 2.85. The minimum Gasteiger partial charge on any atom is -0.377 e. The predicted octanol–water partition coefficient (Wildman–Crippen LogP) is 0.259. The molecule has 5 nitrogen and oxygen atoms in total. The van der Waals surface area contributed by atoms with E-state index < -0.39 is 10.0 Å². The summed E-state index contributed by atoms with van der Waals surface area (Å²) in [5.41, 5.74) is 0. The molecule has 2 aliphatic rings. The summed E-state index contributed by atoms with van der Waals surface area (Å²) in [4.78, 5) is 0. The van der Waals surface area contributed by atoms with E-state index in [1.54, 1.807) is 0 Å². The summed E-state index contributed by atoms with van der Waals surface area (Å²) in [6, 6.07) is 0.305. The third kappa shape index (κ3) is 5.09. The van der Waals surface area contributed by atoms with Gasteiger partial charge in [-0.3, -0.25) is 0 Å². The van der Waals surface area contributed by atoms with Crippen LogP contribution in [0.5, 0.6) is 0 Å². The molecule has 0 radical (unpaired) electrons. The average molecular weight is 285 g/mol. The lowest BCUT2D eigenvalue weighted by atomic mass is 10.2. The highest BCUT2D eigenvalue weighted by molar-refractivity contribution is 7.89. The topological polar surface area (TPSA) is 67.4 Å². The van der Waals surface area contributed by atoms with Gasteiger partial charge in [0.25, 0.3) is 0 Å². The van der Waals surface area contributed by atoms with Crippen molar-refractivity contribution < 1.29 is 13.2 Å². The summed E-state index contributed by atoms with van der Waals surface area (Å²) >= 11 is 0. The van der Waals surface area contributed by atoms with Gasteiger partial charge in [0.1, 0.15) is 0 Å². The van der Waals surface area contributed by atoms with Crippen molar-refractivity contribution in [1.29, 1.82) is 0 Å². The second kappa shape index (κ2) is 6.89. The molecule has 0 bridgehead atoms. The fraction of sp³-hybridized carbons (Fsp3) is 1.00. The number of hydrogen-bond acceptors (Lipinski definition) is 4. The van der Waals surface area contributed by atoms with E-state index >= 15 is 0 Å². The van der Waals surface area contributed by atoms with Crippen molar-refractivity contribution in [3.63, 3.8) is 0 Å². The number of halogens is 1. The Morgan fingerprint density at radius 1 is 1.29 bits per heavy atom. The molecule has 2 saturated heterocycles. The zero-order chi connectivity index (χ0) is 11.4. The highest BCUT2D eigenvalue weighted by Crippen LogP contribution is 2.13. The number of nitrogens with one attached hydrogen (secondary N) is 2. The van der Waals surface area contributed by atoms with Crippen LogP contribution in [0.4, 0.5) is 0 Å². The third-order valence-electron chi connectivity index (χ3n) is 3.14. The zero-order valence-electron chi connectivity index (χ0n) is 9.85. The molecular weight excluding hydrogens is 264 g/mol. The second-order valence-electron chi connectivity index (χ2n) is 4.56. The van der Waals surface area contributed by atoms with Crippen molar-refractivity contribution >= 4 is 22.4 Å². The molecule has 2 N–H and O–H groups in total. The van der Waals surface area contributed by atoms with Gasteiger partial charge in [0.2, 0.25) is 10.0 Å². The largest absolute Gasteiger partial charge is 0.377 e. The minimum absolute atomic E-state index is 0. The van der Waals surface area contributed by atoms with Crippen molar-refractivity contribution in [2.45, 2.75) is 37.8 Å². The van der Waals surface area contributed by atoms with Gasteiger partial charge in [0.15, 0.2) is 0 Å². The Kier molecular flexibility index (Phi) is 6.16. The molecule has 102 valence electrons. The van der Waals surface area contributed by atoms with Crippen LogP contribution < -0.4 is 10.0 Å². The first kappa shape index (κ1) is 15.2. The van der Waals surface area contributed by atoms with Gasteiger partial charge in [-0.05, 0) is 32.2 Å².